The number of β-amino-alcohol motifs (C(OH)–C–C–N with tert-alkyl or cyclic N) is 1. The third-order valence-corrected chi connectivity index (χ3v) is 9.23. The number of nitrogens with one attached hydrogen (secondary N) is 1. The highest BCUT2D eigenvalue weighted by molar-refractivity contribution is 5.85. The zero-order valence-corrected chi connectivity index (χ0v) is 16.4. The van der Waals surface area contributed by atoms with Gasteiger partial charge in [-0.2, -0.15) is 0 Å². The van der Waals surface area contributed by atoms with Gasteiger partial charge in [0.15, 0.2) is 0 Å². The van der Waals surface area contributed by atoms with E-state index in [1.54, 1.807) is 0 Å². The van der Waals surface area contributed by atoms with Gasteiger partial charge in [-0.25, -0.2) is 0 Å². The number of amides is 2. The summed E-state index contributed by atoms with van der Waals surface area (Å²) in [6.45, 7) is 9.49. The number of aliphatic hydroxyl groups excluding tert-OH is 1. The van der Waals surface area contributed by atoms with Crippen molar-refractivity contribution in [1.29, 1.82) is 0 Å². The second-order valence-corrected chi connectivity index (χ2v) is 10.8. The Hall–Kier alpha value is -1.10. The van der Waals surface area contributed by atoms with E-state index in [9.17, 15) is 14.7 Å². The molecular weight excluding hydrogens is 328 g/mol. The Balaban J connectivity index is 1.22. The van der Waals surface area contributed by atoms with Crippen LogP contribution in [-0.2, 0) is 9.59 Å². The number of rotatable bonds is 4. The number of likely N-dealkylation sites (tertiary alicyclic amines) is 1. The Morgan fingerprint density at radius 3 is 2.19 bits per heavy atom. The Labute approximate surface area is 155 Å². The molecule has 5 saturated carbocycles. The molecule has 0 spiro atoms. The monoisotopic (exact) mass is 360 g/mol. The Morgan fingerprint density at radius 1 is 1.08 bits per heavy atom. The van der Waals surface area contributed by atoms with E-state index in [4.69, 9.17) is 0 Å². The van der Waals surface area contributed by atoms with Crippen LogP contribution in [0.4, 0.5) is 0 Å². The Morgan fingerprint density at radius 2 is 1.69 bits per heavy atom. The SMILES string of the molecule is CC1(C)C(C(=O)N2C[C@H](O)C[C@@H]2CNC(=O)C2C3CC4C(C3)C42)C1(C)C. The van der Waals surface area contributed by atoms with E-state index in [0.29, 0.717) is 31.3 Å². The zero-order valence-electron chi connectivity index (χ0n) is 16.4. The van der Waals surface area contributed by atoms with Crippen molar-refractivity contribution in [3.05, 3.63) is 0 Å². The standard InChI is InChI=1S/C21H32N2O3/c1-20(2)17(21(20,3)4)19(26)23-9-12(24)7-11(23)8-22-18(25)15-10-5-13-14(6-10)16(13)15/h10-17,24H,5-9H2,1-4H3,(H,22,25)/t10?,11-,12-,13?,14?,15?,16?/m1/s1. The quantitative estimate of drug-likeness (QED) is 0.801. The molecule has 26 heavy (non-hydrogen) atoms. The number of hydrogen-bond acceptors (Lipinski definition) is 3. The molecule has 6 rings (SSSR count). The minimum atomic E-state index is -0.474. The first-order chi connectivity index (χ1) is 12.1. The van der Waals surface area contributed by atoms with Gasteiger partial charge < -0.3 is 15.3 Å². The van der Waals surface area contributed by atoms with Crippen LogP contribution in [0.1, 0.15) is 47.0 Å². The summed E-state index contributed by atoms with van der Waals surface area (Å²) in [7, 11) is 0. The van der Waals surface area contributed by atoms with Crippen LogP contribution in [0, 0.1) is 46.3 Å². The normalized spacial score (nSPS) is 46.5. The van der Waals surface area contributed by atoms with Gasteiger partial charge in [0.25, 0.3) is 0 Å². The maximum absolute atomic E-state index is 13.1. The van der Waals surface area contributed by atoms with E-state index >= 15 is 0 Å². The maximum Gasteiger partial charge on any atom is 0.227 e. The van der Waals surface area contributed by atoms with Gasteiger partial charge >= 0.3 is 0 Å². The lowest BCUT2D eigenvalue weighted by molar-refractivity contribution is -0.135. The molecule has 5 atom stereocenters. The topological polar surface area (TPSA) is 69.6 Å². The van der Waals surface area contributed by atoms with Gasteiger partial charge in [0, 0.05) is 24.9 Å². The molecule has 5 nitrogen and oxygen atoms in total. The Bertz CT molecular complexity index is 644. The number of carbonyl (C=O) groups excluding carboxylic acids is 2. The van der Waals surface area contributed by atoms with Crippen LogP contribution in [0.5, 0.6) is 0 Å². The molecule has 0 aromatic heterocycles. The first-order valence-corrected chi connectivity index (χ1v) is 10.4. The molecule has 0 aromatic rings. The molecule has 1 aliphatic heterocycles. The van der Waals surface area contributed by atoms with E-state index in [2.05, 4.69) is 33.0 Å². The number of nitrogens with zero attached hydrogens (tertiary/aromatic N) is 1. The molecule has 0 aromatic carbocycles. The van der Waals surface area contributed by atoms with Crippen molar-refractivity contribution in [2.75, 3.05) is 13.1 Å². The van der Waals surface area contributed by atoms with E-state index in [1.807, 2.05) is 4.90 Å². The van der Waals surface area contributed by atoms with Crippen LogP contribution < -0.4 is 5.32 Å². The first kappa shape index (κ1) is 17.0. The summed E-state index contributed by atoms with van der Waals surface area (Å²) in [5, 5.41) is 13.3. The van der Waals surface area contributed by atoms with Gasteiger partial charge in [0.2, 0.25) is 11.8 Å². The van der Waals surface area contributed by atoms with Crippen molar-refractivity contribution >= 4 is 11.8 Å². The molecule has 1 saturated heterocycles. The smallest absolute Gasteiger partial charge is 0.227 e. The predicted octanol–water partition coefficient (Wildman–Crippen LogP) is 1.65. The minimum Gasteiger partial charge on any atom is -0.391 e. The largest absolute Gasteiger partial charge is 0.391 e. The van der Waals surface area contributed by atoms with Crippen LogP contribution in [-0.4, -0.2) is 47.1 Å². The number of aliphatic hydroxyl groups is 1. The molecule has 6 aliphatic rings. The van der Waals surface area contributed by atoms with Crippen molar-refractivity contribution in [1.82, 2.24) is 10.2 Å². The second-order valence-electron chi connectivity index (χ2n) is 10.8. The summed E-state index contributed by atoms with van der Waals surface area (Å²) < 4.78 is 0. The third-order valence-electron chi connectivity index (χ3n) is 9.23. The molecule has 1 heterocycles. The molecule has 4 bridgehead atoms. The van der Waals surface area contributed by atoms with Gasteiger partial charge in [-0.3, -0.25) is 9.59 Å². The highest BCUT2D eigenvalue weighted by Crippen LogP contribution is 2.73. The molecule has 2 N–H and O–H groups in total. The molecular formula is C21H32N2O3. The highest BCUT2D eigenvalue weighted by Gasteiger charge is 2.70. The fourth-order valence-electron chi connectivity index (χ4n) is 7.13. The third kappa shape index (κ3) is 2.07. The highest BCUT2D eigenvalue weighted by atomic mass is 16.3. The number of hydrogen-bond donors (Lipinski definition) is 2. The van der Waals surface area contributed by atoms with Gasteiger partial charge in [0.05, 0.1) is 12.1 Å². The molecule has 144 valence electrons. The van der Waals surface area contributed by atoms with Crippen LogP contribution in [0.3, 0.4) is 0 Å². The first-order valence-electron chi connectivity index (χ1n) is 10.4. The molecule has 5 heteroatoms. The average Bonchev–Trinajstić information content (AvgIpc) is 3.08. The summed E-state index contributed by atoms with van der Waals surface area (Å²) in [4.78, 5) is 27.7. The summed E-state index contributed by atoms with van der Waals surface area (Å²) >= 11 is 0. The summed E-state index contributed by atoms with van der Waals surface area (Å²) in [5.41, 5.74) is -0.00547. The van der Waals surface area contributed by atoms with E-state index in [0.717, 1.165) is 11.8 Å². The van der Waals surface area contributed by atoms with E-state index in [1.165, 1.54) is 12.8 Å². The van der Waals surface area contributed by atoms with Crippen molar-refractivity contribution in [2.24, 2.45) is 46.3 Å². The second kappa shape index (κ2) is 5.03. The van der Waals surface area contributed by atoms with Crippen LogP contribution in [0.15, 0.2) is 0 Å². The summed E-state index contributed by atoms with van der Waals surface area (Å²) in [5.74, 6) is 3.51. The van der Waals surface area contributed by atoms with Crippen LogP contribution in [0.2, 0.25) is 0 Å². The molecule has 0 radical (unpaired) electrons. The van der Waals surface area contributed by atoms with Crippen molar-refractivity contribution in [3.8, 4) is 0 Å². The lowest BCUT2D eigenvalue weighted by atomic mass is 9.97. The lowest BCUT2D eigenvalue weighted by Crippen LogP contribution is -2.46. The minimum absolute atomic E-state index is 0.00274. The van der Waals surface area contributed by atoms with Gasteiger partial charge in [-0.05, 0) is 53.8 Å². The lowest BCUT2D eigenvalue weighted by Gasteiger charge is -2.26. The maximum atomic E-state index is 13.1. The van der Waals surface area contributed by atoms with Gasteiger partial charge in [0.1, 0.15) is 0 Å². The van der Waals surface area contributed by atoms with Crippen molar-refractivity contribution in [2.45, 2.75) is 59.1 Å². The Kier molecular flexibility index (Phi) is 3.30. The summed E-state index contributed by atoms with van der Waals surface area (Å²) in [6, 6.07) is -0.0694. The average molecular weight is 360 g/mol. The zero-order chi connectivity index (χ0) is 18.6. The fourth-order valence-corrected chi connectivity index (χ4v) is 7.13. The number of carbonyl (C=O) groups is 2. The van der Waals surface area contributed by atoms with Crippen LogP contribution >= 0.6 is 0 Å². The molecule has 5 aliphatic carbocycles. The van der Waals surface area contributed by atoms with Gasteiger partial charge in [-0.1, -0.05) is 27.7 Å². The van der Waals surface area contributed by atoms with Crippen LogP contribution in [0.25, 0.3) is 0 Å². The molecule has 6 fully saturated rings. The van der Waals surface area contributed by atoms with Crippen molar-refractivity contribution in [3.63, 3.8) is 0 Å². The fraction of sp³-hybridized carbons (Fsp3) is 0.905. The van der Waals surface area contributed by atoms with E-state index < -0.39 is 6.10 Å². The molecule has 2 amide bonds. The van der Waals surface area contributed by atoms with Crippen molar-refractivity contribution < 1.29 is 14.7 Å². The van der Waals surface area contributed by atoms with E-state index in [-0.39, 0.29) is 40.5 Å². The summed E-state index contributed by atoms with van der Waals surface area (Å²) in [6.07, 6.45) is 2.61. The molecule has 3 unspecified atom stereocenters. The van der Waals surface area contributed by atoms with Gasteiger partial charge in [-0.15, -0.1) is 0 Å². The predicted molar refractivity (Wildman–Crippen MR) is 96.9 cm³/mol.